The van der Waals surface area contributed by atoms with E-state index in [1.807, 2.05) is 6.07 Å². The van der Waals surface area contributed by atoms with Gasteiger partial charge in [0.15, 0.2) is 0 Å². The van der Waals surface area contributed by atoms with Crippen molar-refractivity contribution in [1.29, 1.82) is 5.26 Å². The molecule has 1 amide bonds. The smallest absolute Gasteiger partial charge is 0.255 e. The number of para-hydroxylation sites is 1. The second kappa shape index (κ2) is 7.86. The number of carbonyl (C=O) groups excluding carboxylic acids is 1. The van der Waals surface area contributed by atoms with Gasteiger partial charge in [-0.1, -0.05) is 18.2 Å². The Kier molecular flexibility index (Phi) is 5.35. The third-order valence-electron chi connectivity index (χ3n) is 3.72. The summed E-state index contributed by atoms with van der Waals surface area (Å²) in [6.07, 6.45) is 1.45. The van der Waals surface area contributed by atoms with Crippen molar-refractivity contribution in [3.63, 3.8) is 0 Å². The van der Waals surface area contributed by atoms with Crippen molar-refractivity contribution in [2.24, 2.45) is 0 Å². The first-order valence-electron chi connectivity index (χ1n) is 7.92. The monoisotopic (exact) mass is 381 g/mol. The van der Waals surface area contributed by atoms with Crippen LogP contribution in [0.3, 0.4) is 0 Å². The van der Waals surface area contributed by atoms with Crippen molar-refractivity contribution < 1.29 is 17.6 Å². The lowest BCUT2D eigenvalue weighted by Gasteiger charge is -2.09. The van der Waals surface area contributed by atoms with E-state index in [0.29, 0.717) is 17.0 Å². The number of hydrogen-bond donors (Lipinski definition) is 2. The standard InChI is InChI=1S/C19H15N3O4S/c20-12-15-5-1-2-9-18(15)22-19(23)14-6-3-8-17(11-14)27(24,25)21-13-16-7-4-10-26-16/h1-11,21H,13H2,(H,22,23). The van der Waals surface area contributed by atoms with Crippen molar-refractivity contribution in [3.05, 3.63) is 83.8 Å². The highest BCUT2D eigenvalue weighted by atomic mass is 32.2. The SMILES string of the molecule is N#Cc1ccccc1NC(=O)c1cccc(S(=O)(=O)NCc2ccco2)c1. The Hall–Kier alpha value is -3.41. The van der Waals surface area contributed by atoms with Crippen LogP contribution in [0.4, 0.5) is 5.69 Å². The topological polar surface area (TPSA) is 112 Å². The van der Waals surface area contributed by atoms with Crippen LogP contribution in [0.15, 0.2) is 76.2 Å². The van der Waals surface area contributed by atoms with Crippen LogP contribution in [0.1, 0.15) is 21.7 Å². The highest BCUT2D eigenvalue weighted by molar-refractivity contribution is 7.89. The lowest BCUT2D eigenvalue weighted by atomic mass is 10.1. The molecule has 2 aromatic carbocycles. The second-order valence-electron chi connectivity index (χ2n) is 5.54. The highest BCUT2D eigenvalue weighted by Crippen LogP contribution is 2.17. The number of amides is 1. The molecule has 1 aromatic heterocycles. The Morgan fingerprint density at radius 1 is 1.07 bits per heavy atom. The Morgan fingerprint density at radius 2 is 1.89 bits per heavy atom. The van der Waals surface area contributed by atoms with Crippen LogP contribution >= 0.6 is 0 Å². The molecule has 8 heteroatoms. The van der Waals surface area contributed by atoms with E-state index in [-0.39, 0.29) is 17.0 Å². The molecule has 0 unspecified atom stereocenters. The first-order valence-corrected chi connectivity index (χ1v) is 9.40. The van der Waals surface area contributed by atoms with Gasteiger partial charge in [0.25, 0.3) is 5.91 Å². The molecule has 2 N–H and O–H groups in total. The Morgan fingerprint density at radius 3 is 2.63 bits per heavy atom. The highest BCUT2D eigenvalue weighted by Gasteiger charge is 2.17. The van der Waals surface area contributed by atoms with E-state index < -0.39 is 15.9 Å². The van der Waals surface area contributed by atoms with Crippen LogP contribution in [0, 0.1) is 11.3 Å². The fourth-order valence-corrected chi connectivity index (χ4v) is 3.39. The van der Waals surface area contributed by atoms with Gasteiger partial charge in [-0.05, 0) is 42.5 Å². The maximum absolute atomic E-state index is 12.5. The summed E-state index contributed by atoms with van der Waals surface area (Å²) < 4.78 is 32.4. The zero-order valence-electron chi connectivity index (χ0n) is 14.0. The summed E-state index contributed by atoms with van der Waals surface area (Å²) in [5, 5.41) is 11.7. The minimum atomic E-state index is -3.82. The number of sulfonamides is 1. The van der Waals surface area contributed by atoms with Gasteiger partial charge in [0.1, 0.15) is 11.8 Å². The molecular weight excluding hydrogens is 366 g/mol. The quantitative estimate of drug-likeness (QED) is 0.682. The molecule has 0 bridgehead atoms. The van der Waals surface area contributed by atoms with Gasteiger partial charge in [0.2, 0.25) is 10.0 Å². The summed E-state index contributed by atoms with van der Waals surface area (Å²) in [5.41, 5.74) is 0.826. The molecule has 0 radical (unpaired) electrons. The van der Waals surface area contributed by atoms with Crippen molar-refractivity contribution in [2.45, 2.75) is 11.4 Å². The minimum Gasteiger partial charge on any atom is -0.468 e. The van der Waals surface area contributed by atoms with Gasteiger partial charge in [-0.15, -0.1) is 0 Å². The summed E-state index contributed by atoms with van der Waals surface area (Å²) in [6.45, 7) is 0.00129. The van der Waals surface area contributed by atoms with Crippen LogP contribution in [0.5, 0.6) is 0 Å². The molecular formula is C19H15N3O4S. The van der Waals surface area contributed by atoms with E-state index in [4.69, 9.17) is 9.68 Å². The summed E-state index contributed by atoms with van der Waals surface area (Å²) >= 11 is 0. The van der Waals surface area contributed by atoms with Crippen molar-refractivity contribution >= 4 is 21.6 Å². The van der Waals surface area contributed by atoms with Gasteiger partial charge in [-0.25, -0.2) is 13.1 Å². The number of nitrogens with one attached hydrogen (secondary N) is 2. The molecule has 0 saturated heterocycles. The van der Waals surface area contributed by atoms with E-state index in [2.05, 4.69) is 10.0 Å². The van der Waals surface area contributed by atoms with Gasteiger partial charge in [0, 0.05) is 5.56 Å². The molecule has 0 aliphatic heterocycles. The second-order valence-corrected chi connectivity index (χ2v) is 7.31. The number of furan rings is 1. The van der Waals surface area contributed by atoms with Crippen LogP contribution in [0.25, 0.3) is 0 Å². The third kappa shape index (κ3) is 4.41. The van der Waals surface area contributed by atoms with Crippen LogP contribution in [-0.4, -0.2) is 14.3 Å². The zero-order valence-corrected chi connectivity index (χ0v) is 14.9. The lowest BCUT2D eigenvalue weighted by Crippen LogP contribution is -2.23. The Bertz CT molecular complexity index is 1100. The molecule has 0 saturated carbocycles. The largest absolute Gasteiger partial charge is 0.468 e. The maximum Gasteiger partial charge on any atom is 0.255 e. The summed E-state index contributed by atoms with van der Waals surface area (Å²) in [7, 11) is -3.82. The first kappa shape index (κ1) is 18.4. The maximum atomic E-state index is 12.5. The number of nitrogens with zero attached hydrogens (tertiary/aromatic N) is 1. The molecule has 0 spiro atoms. The Labute approximate surface area is 156 Å². The fourth-order valence-electron chi connectivity index (χ4n) is 2.35. The normalized spacial score (nSPS) is 10.9. The molecule has 1 heterocycles. The molecule has 0 aliphatic carbocycles. The Balaban J connectivity index is 1.78. The molecule has 7 nitrogen and oxygen atoms in total. The van der Waals surface area contributed by atoms with Crippen molar-refractivity contribution in [2.75, 3.05) is 5.32 Å². The summed E-state index contributed by atoms with van der Waals surface area (Å²) in [6, 6.07) is 17.5. The number of rotatable bonds is 6. The van der Waals surface area contributed by atoms with E-state index in [1.165, 1.54) is 30.5 Å². The van der Waals surface area contributed by atoms with Crippen LogP contribution < -0.4 is 10.0 Å². The van der Waals surface area contributed by atoms with Crippen molar-refractivity contribution in [3.8, 4) is 6.07 Å². The van der Waals surface area contributed by atoms with E-state index in [9.17, 15) is 13.2 Å². The zero-order chi connectivity index (χ0) is 19.3. The molecule has 136 valence electrons. The molecule has 0 aliphatic rings. The van der Waals surface area contributed by atoms with E-state index >= 15 is 0 Å². The molecule has 27 heavy (non-hydrogen) atoms. The lowest BCUT2D eigenvalue weighted by molar-refractivity contribution is 0.102. The van der Waals surface area contributed by atoms with Gasteiger partial charge in [-0.2, -0.15) is 5.26 Å². The molecule has 3 rings (SSSR count). The number of hydrogen-bond acceptors (Lipinski definition) is 5. The number of carbonyl (C=O) groups is 1. The van der Waals surface area contributed by atoms with E-state index in [0.717, 1.165) is 0 Å². The predicted octanol–water partition coefficient (Wildman–Crippen LogP) is 2.88. The predicted molar refractivity (Wildman–Crippen MR) is 98.3 cm³/mol. The number of anilines is 1. The summed E-state index contributed by atoms with van der Waals surface area (Å²) in [5.74, 6) is -0.0404. The third-order valence-corrected chi connectivity index (χ3v) is 5.12. The number of benzene rings is 2. The first-order chi connectivity index (χ1) is 13.0. The van der Waals surface area contributed by atoms with Gasteiger partial charge in [0.05, 0.1) is 29.0 Å². The van der Waals surface area contributed by atoms with Crippen LogP contribution in [-0.2, 0) is 16.6 Å². The fraction of sp³-hybridized carbons (Fsp3) is 0.0526. The van der Waals surface area contributed by atoms with Crippen LogP contribution in [0.2, 0.25) is 0 Å². The average molecular weight is 381 g/mol. The number of nitriles is 1. The van der Waals surface area contributed by atoms with Crippen molar-refractivity contribution in [1.82, 2.24) is 4.72 Å². The molecule has 0 fully saturated rings. The van der Waals surface area contributed by atoms with Gasteiger partial charge >= 0.3 is 0 Å². The van der Waals surface area contributed by atoms with Gasteiger partial charge < -0.3 is 9.73 Å². The molecule has 0 atom stereocenters. The molecule has 3 aromatic rings. The van der Waals surface area contributed by atoms with Gasteiger partial charge in [-0.3, -0.25) is 4.79 Å². The average Bonchev–Trinajstić information content (AvgIpc) is 3.21. The minimum absolute atomic E-state index is 0.00129. The summed E-state index contributed by atoms with van der Waals surface area (Å²) in [4.78, 5) is 12.4. The van der Waals surface area contributed by atoms with E-state index in [1.54, 1.807) is 36.4 Å².